The van der Waals surface area contributed by atoms with Crippen LogP contribution in [0, 0.1) is 0 Å². The van der Waals surface area contributed by atoms with Crippen LogP contribution in [0.1, 0.15) is 10.9 Å². The van der Waals surface area contributed by atoms with Crippen molar-refractivity contribution in [3.8, 4) is 0 Å². The Hall–Kier alpha value is -1.60. The Morgan fingerprint density at radius 1 is 1.09 bits per heavy atom. The number of carbonyl (C=O) groups is 1. The highest BCUT2D eigenvalue weighted by atomic mass is 35.5. The van der Waals surface area contributed by atoms with Crippen molar-refractivity contribution in [2.45, 2.75) is 15.1 Å². The van der Waals surface area contributed by atoms with Crippen molar-refractivity contribution in [1.82, 2.24) is 0 Å². The van der Waals surface area contributed by atoms with Gasteiger partial charge in [0.25, 0.3) is 0 Å². The summed E-state index contributed by atoms with van der Waals surface area (Å²) in [5.74, 6) is -1.74. The number of carboxylic acids is 1. The summed E-state index contributed by atoms with van der Waals surface area (Å²) in [5.41, 5.74) is 6.10. The SMILES string of the molecule is NC(C(=O)O)(C(Cl)c1ccccc1)S(=O)(=O)c1ccc(Cl)cc1. The Bertz CT molecular complexity index is 809. The molecule has 0 radical (unpaired) electrons. The van der Waals surface area contributed by atoms with Crippen molar-refractivity contribution in [2.24, 2.45) is 5.73 Å². The first-order chi connectivity index (χ1) is 10.7. The topological polar surface area (TPSA) is 97.5 Å². The monoisotopic (exact) mass is 373 g/mol. The minimum atomic E-state index is -4.48. The van der Waals surface area contributed by atoms with Gasteiger partial charge in [0.05, 0.1) is 4.90 Å². The summed E-state index contributed by atoms with van der Waals surface area (Å²) in [4.78, 5) is 8.71. The maximum Gasteiger partial charge on any atom is 0.341 e. The van der Waals surface area contributed by atoms with Gasteiger partial charge in [-0.15, -0.1) is 11.6 Å². The molecule has 0 aromatic heterocycles. The molecule has 0 heterocycles. The van der Waals surface area contributed by atoms with Crippen LogP contribution >= 0.6 is 23.2 Å². The van der Waals surface area contributed by atoms with Crippen LogP contribution < -0.4 is 5.73 Å². The number of halogens is 2. The summed E-state index contributed by atoms with van der Waals surface area (Å²) in [6.07, 6.45) is 0. The van der Waals surface area contributed by atoms with E-state index in [2.05, 4.69) is 0 Å². The molecule has 0 fully saturated rings. The third kappa shape index (κ3) is 3.07. The van der Waals surface area contributed by atoms with E-state index in [0.717, 1.165) is 0 Å². The molecule has 5 nitrogen and oxygen atoms in total. The molecule has 23 heavy (non-hydrogen) atoms. The highest BCUT2D eigenvalue weighted by Crippen LogP contribution is 2.38. The van der Waals surface area contributed by atoms with Gasteiger partial charge >= 0.3 is 5.97 Å². The minimum Gasteiger partial charge on any atom is -0.479 e. The fourth-order valence-electron chi connectivity index (χ4n) is 2.04. The molecular weight excluding hydrogens is 361 g/mol. The molecule has 0 spiro atoms. The average molecular weight is 374 g/mol. The van der Waals surface area contributed by atoms with E-state index in [9.17, 15) is 18.3 Å². The second-order valence-corrected chi connectivity index (χ2v) is 7.86. The zero-order chi connectivity index (χ0) is 17.3. The Kier molecular flexibility index (Phi) is 5.01. The molecule has 0 bridgehead atoms. The van der Waals surface area contributed by atoms with Crippen LogP contribution in [0.4, 0.5) is 0 Å². The molecule has 2 aromatic rings. The summed E-state index contributed by atoms with van der Waals surface area (Å²) >= 11 is 11.9. The number of nitrogens with two attached hydrogens (primary N) is 1. The average Bonchev–Trinajstić information content (AvgIpc) is 2.54. The Labute approximate surface area is 143 Å². The van der Waals surface area contributed by atoms with Gasteiger partial charge in [-0.25, -0.2) is 13.2 Å². The van der Waals surface area contributed by atoms with Gasteiger partial charge in [-0.3, -0.25) is 0 Å². The smallest absolute Gasteiger partial charge is 0.341 e. The lowest BCUT2D eigenvalue weighted by molar-refractivity contribution is -0.140. The zero-order valence-electron chi connectivity index (χ0n) is 11.7. The number of rotatable bonds is 5. The number of aliphatic carboxylic acids is 1. The molecule has 122 valence electrons. The summed E-state index contributed by atoms with van der Waals surface area (Å²) in [6.45, 7) is 0. The quantitative estimate of drug-likeness (QED) is 0.785. The number of hydrogen-bond acceptors (Lipinski definition) is 4. The van der Waals surface area contributed by atoms with Crippen LogP contribution in [-0.2, 0) is 14.6 Å². The highest BCUT2D eigenvalue weighted by Gasteiger charge is 2.54. The first kappa shape index (κ1) is 17.7. The van der Waals surface area contributed by atoms with Gasteiger partial charge in [0.15, 0.2) is 0 Å². The fourth-order valence-corrected chi connectivity index (χ4v) is 4.28. The lowest BCUT2D eigenvalue weighted by atomic mass is 10.1. The summed E-state index contributed by atoms with van der Waals surface area (Å²) < 4.78 is 25.6. The second-order valence-electron chi connectivity index (χ2n) is 4.83. The van der Waals surface area contributed by atoms with Gasteiger partial charge in [-0.1, -0.05) is 41.9 Å². The van der Waals surface area contributed by atoms with Crippen molar-refractivity contribution in [3.63, 3.8) is 0 Å². The summed E-state index contributed by atoms with van der Waals surface area (Å²) in [7, 11) is -4.48. The number of alkyl halides is 1. The van der Waals surface area contributed by atoms with E-state index in [4.69, 9.17) is 28.9 Å². The van der Waals surface area contributed by atoms with E-state index in [-0.39, 0.29) is 10.5 Å². The number of sulfone groups is 1. The predicted octanol–water partition coefficient (Wildman–Crippen LogP) is 2.83. The molecule has 0 aliphatic heterocycles. The molecule has 2 rings (SSSR count). The van der Waals surface area contributed by atoms with Crippen molar-refractivity contribution >= 4 is 39.0 Å². The van der Waals surface area contributed by atoms with E-state index >= 15 is 0 Å². The van der Waals surface area contributed by atoms with Crippen LogP contribution in [0.2, 0.25) is 5.02 Å². The van der Waals surface area contributed by atoms with Gasteiger partial charge in [0.2, 0.25) is 14.7 Å². The minimum absolute atomic E-state index is 0.270. The molecule has 2 aromatic carbocycles. The van der Waals surface area contributed by atoms with E-state index in [1.54, 1.807) is 18.2 Å². The van der Waals surface area contributed by atoms with Crippen LogP contribution in [0.25, 0.3) is 0 Å². The Morgan fingerprint density at radius 2 is 1.61 bits per heavy atom. The number of hydrogen-bond donors (Lipinski definition) is 2. The third-order valence-electron chi connectivity index (χ3n) is 3.37. The maximum absolute atomic E-state index is 12.8. The van der Waals surface area contributed by atoms with Crippen molar-refractivity contribution in [1.29, 1.82) is 0 Å². The first-order valence-corrected chi connectivity index (χ1v) is 8.72. The lowest BCUT2D eigenvalue weighted by Gasteiger charge is -2.29. The molecule has 0 saturated heterocycles. The van der Waals surface area contributed by atoms with E-state index in [0.29, 0.717) is 5.02 Å². The summed E-state index contributed by atoms with van der Waals surface area (Å²) in [6, 6.07) is 13.0. The molecule has 2 unspecified atom stereocenters. The zero-order valence-corrected chi connectivity index (χ0v) is 14.0. The van der Waals surface area contributed by atoms with Crippen LogP contribution in [-0.4, -0.2) is 24.4 Å². The molecule has 0 aliphatic carbocycles. The lowest BCUT2D eigenvalue weighted by Crippen LogP contribution is -2.57. The largest absolute Gasteiger partial charge is 0.479 e. The maximum atomic E-state index is 12.8. The Balaban J connectivity index is 2.60. The van der Waals surface area contributed by atoms with Gasteiger partial charge in [-0.05, 0) is 29.8 Å². The van der Waals surface area contributed by atoms with Crippen LogP contribution in [0.15, 0.2) is 59.5 Å². The van der Waals surface area contributed by atoms with Gasteiger partial charge in [0.1, 0.15) is 5.38 Å². The molecule has 3 N–H and O–H groups in total. The molecule has 2 atom stereocenters. The number of benzene rings is 2. The van der Waals surface area contributed by atoms with Gasteiger partial charge in [-0.2, -0.15) is 0 Å². The molecular formula is C15H13Cl2NO4S. The van der Waals surface area contributed by atoms with Gasteiger partial charge in [0, 0.05) is 5.02 Å². The molecule has 0 aliphatic rings. The fraction of sp³-hybridized carbons (Fsp3) is 0.133. The van der Waals surface area contributed by atoms with E-state index < -0.39 is 26.1 Å². The molecule has 8 heteroatoms. The summed E-state index contributed by atoms with van der Waals surface area (Å²) in [5, 5.41) is 8.33. The second kappa shape index (κ2) is 6.49. The third-order valence-corrected chi connectivity index (χ3v) is 6.54. The number of carboxylic acid groups (broad SMARTS) is 1. The van der Waals surface area contributed by atoms with Crippen molar-refractivity contribution in [3.05, 3.63) is 65.2 Å². The molecule has 0 saturated carbocycles. The normalized spacial score (nSPS) is 15.6. The Morgan fingerprint density at radius 3 is 2.09 bits per heavy atom. The van der Waals surface area contributed by atoms with Crippen molar-refractivity contribution in [2.75, 3.05) is 0 Å². The predicted molar refractivity (Wildman–Crippen MR) is 88.2 cm³/mol. The van der Waals surface area contributed by atoms with Crippen LogP contribution in [0.5, 0.6) is 0 Å². The van der Waals surface area contributed by atoms with E-state index in [1.165, 1.54) is 36.4 Å². The van der Waals surface area contributed by atoms with Crippen LogP contribution in [0.3, 0.4) is 0 Å². The van der Waals surface area contributed by atoms with Gasteiger partial charge < -0.3 is 10.8 Å². The van der Waals surface area contributed by atoms with E-state index in [1.807, 2.05) is 0 Å². The molecule has 0 amide bonds. The standard InChI is InChI=1S/C15H13Cl2NO4S/c16-11-6-8-12(9-7-11)23(21,22)15(18,14(19)20)13(17)10-4-2-1-3-5-10/h1-9,13H,18H2,(H,19,20). The highest BCUT2D eigenvalue weighted by molar-refractivity contribution is 7.93. The van der Waals surface area contributed by atoms with Crippen molar-refractivity contribution < 1.29 is 18.3 Å². The first-order valence-electron chi connectivity index (χ1n) is 6.42.